The molecule has 2 aromatic rings. The van der Waals surface area contributed by atoms with Gasteiger partial charge in [-0.3, -0.25) is 0 Å². The molecular formula is C23H27FN4. The lowest BCUT2D eigenvalue weighted by Crippen LogP contribution is -2.20. The number of hydrogen-bond donors (Lipinski definition) is 4. The maximum Gasteiger partial charge on any atom is 0.125 e. The van der Waals surface area contributed by atoms with E-state index in [4.69, 9.17) is 5.73 Å². The number of benzene rings is 2. The van der Waals surface area contributed by atoms with Gasteiger partial charge in [0.1, 0.15) is 5.82 Å². The zero-order valence-electron chi connectivity index (χ0n) is 16.2. The molecule has 4 nitrogen and oxygen atoms in total. The number of nitrogens with two attached hydrogens (primary N) is 1. The minimum Gasteiger partial charge on any atom is -0.401 e. The number of anilines is 1. The van der Waals surface area contributed by atoms with Crippen molar-refractivity contribution in [1.29, 1.82) is 0 Å². The monoisotopic (exact) mass is 378 g/mol. The Morgan fingerprint density at radius 2 is 2.07 bits per heavy atom. The van der Waals surface area contributed by atoms with Crippen molar-refractivity contribution in [3.8, 4) is 0 Å². The van der Waals surface area contributed by atoms with Crippen LogP contribution in [0, 0.1) is 5.82 Å². The summed E-state index contributed by atoms with van der Waals surface area (Å²) in [6.07, 6.45) is 4.17. The number of rotatable bonds is 3. The number of nitrogens with one attached hydrogen (secondary N) is 3. The largest absolute Gasteiger partial charge is 0.401 e. The number of fused-ring (bicyclic) bond motifs is 1. The highest BCUT2D eigenvalue weighted by atomic mass is 19.1. The molecule has 0 aliphatic carbocycles. The van der Waals surface area contributed by atoms with E-state index in [-0.39, 0.29) is 11.9 Å². The average molecular weight is 378 g/mol. The van der Waals surface area contributed by atoms with Crippen molar-refractivity contribution < 1.29 is 4.39 Å². The second kappa shape index (κ2) is 8.07. The summed E-state index contributed by atoms with van der Waals surface area (Å²) in [5, 5.41) is 10.4. The molecule has 0 fully saturated rings. The Hall–Kier alpha value is -2.79. The molecule has 146 valence electrons. The zero-order valence-corrected chi connectivity index (χ0v) is 16.2. The van der Waals surface area contributed by atoms with Crippen molar-refractivity contribution in [3.05, 3.63) is 76.7 Å². The molecule has 5 heteroatoms. The third-order valence-corrected chi connectivity index (χ3v) is 5.43. The predicted molar refractivity (Wildman–Crippen MR) is 114 cm³/mol. The van der Waals surface area contributed by atoms with Crippen molar-refractivity contribution in [2.75, 3.05) is 25.0 Å². The molecule has 0 radical (unpaired) electrons. The maximum absolute atomic E-state index is 13.7. The zero-order chi connectivity index (χ0) is 19.5. The fourth-order valence-electron chi connectivity index (χ4n) is 4.04. The lowest BCUT2D eigenvalue weighted by atomic mass is 9.91. The van der Waals surface area contributed by atoms with E-state index in [0.29, 0.717) is 0 Å². The molecule has 0 amide bonds. The van der Waals surface area contributed by atoms with Crippen LogP contribution in [0.2, 0.25) is 0 Å². The third-order valence-electron chi connectivity index (χ3n) is 5.43. The first kappa shape index (κ1) is 18.6. The predicted octanol–water partition coefficient (Wildman–Crippen LogP) is 4.00. The lowest BCUT2D eigenvalue weighted by Gasteiger charge is -2.23. The van der Waals surface area contributed by atoms with Gasteiger partial charge in [0.15, 0.2) is 0 Å². The molecule has 2 aliphatic heterocycles. The van der Waals surface area contributed by atoms with E-state index >= 15 is 0 Å². The van der Waals surface area contributed by atoms with Gasteiger partial charge in [0.05, 0.1) is 11.7 Å². The van der Waals surface area contributed by atoms with Gasteiger partial charge in [0.2, 0.25) is 0 Å². The minimum atomic E-state index is -0.232. The number of allylic oxidation sites excluding steroid dienone is 1. The molecule has 0 spiro atoms. The van der Waals surface area contributed by atoms with E-state index in [1.165, 1.54) is 22.8 Å². The molecule has 4 rings (SSSR count). The molecular weight excluding hydrogens is 351 g/mol. The van der Waals surface area contributed by atoms with E-state index in [9.17, 15) is 4.39 Å². The molecule has 2 aliphatic rings. The molecule has 0 bridgehead atoms. The molecule has 0 saturated carbocycles. The Balaban J connectivity index is 1.77. The minimum absolute atomic E-state index is 0.0726. The number of halogens is 1. The van der Waals surface area contributed by atoms with Gasteiger partial charge >= 0.3 is 0 Å². The van der Waals surface area contributed by atoms with Crippen molar-refractivity contribution >= 4 is 17.0 Å². The molecule has 5 N–H and O–H groups in total. The van der Waals surface area contributed by atoms with Crippen LogP contribution in [-0.2, 0) is 0 Å². The Morgan fingerprint density at radius 1 is 1.18 bits per heavy atom. The highest BCUT2D eigenvalue weighted by molar-refractivity contribution is 5.75. The van der Waals surface area contributed by atoms with Gasteiger partial charge in [0.25, 0.3) is 0 Å². The van der Waals surface area contributed by atoms with Crippen molar-refractivity contribution in [3.63, 3.8) is 0 Å². The Bertz CT molecular complexity index is 928. The van der Waals surface area contributed by atoms with Crippen LogP contribution in [0.1, 0.15) is 42.5 Å². The second-order valence-electron chi connectivity index (χ2n) is 7.47. The molecule has 0 aromatic heterocycles. The highest BCUT2D eigenvalue weighted by Gasteiger charge is 2.23. The third kappa shape index (κ3) is 3.90. The second-order valence-corrected chi connectivity index (χ2v) is 7.47. The molecule has 2 aromatic carbocycles. The van der Waals surface area contributed by atoms with E-state index < -0.39 is 0 Å². The van der Waals surface area contributed by atoms with Crippen LogP contribution >= 0.6 is 0 Å². The fourth-order valence-corrected chi connectivity index (χ4v) is 4.04. The van der Waals surface area contributed by atoms with Crippen LogP contribution in [0.25, 0.3) is 11.3 Å². The van der Waals surface area contributed by atoms with Crippen LogP contribution in [0.4, 0.5) is 10.1 Å². The van der Waals surface area contributed by atoms with Gasteiger partial charge in [-0.25, -0.2) is 4.39 Å². The Kier molecular flexibility index (Phi) is 5.35. The SMILES string of the molecule is C/C(N)=C1/NCCC(Nc2cccc(F)c2)c2cc(C3=CCNCC3)ccc21. The van der Waals surface area contributed by atoms with Gasteiger partial charge < -0.3 is 21.7 Å². The van der Waals surface area contributed by atoms with Crippen LogP contribution in [0.5, 0.6) is 0 Å². The van der Waals surface area contributed by atoms with Gasteiger partial charge in [0, 0.05) is 30.0 Å². The van der Waals surface area contributed by atoms with Gasteiger partial charge in [-0.15, -0.1) is 0 Å². The van der Waals surface area contributed by atoms with Crippen molar-refractivity contribution in [2.45, 2.75) is 25.8 Å². The van der Waals surface area contributed by atoms with Crippen LogP contribution in [-0.4, -0.2) is 19.6 Å². The first-order chi connectivity index (χ1) is 13.6. The summed E-state index contributed by atoms with van der Waals surface area (Å²) in [7, 11) is 0. The fraction of sp³-hybridized carbons (Fsp3) is 0.304. The average Bonchev–Trinajstić information content (AvgIpc) is 2.88. The van der Waals surface area contributed by atoms with E-state index in [0.717, 1.165) is 55.1 Å². The van der Waals surface area contributed by atoms with Crippen molar-refractivity contribution in [2.24, 2.45) is 5.73 Å². The first-order valence-corrected chi connectivity index (χ1v) is 9.88. The summed E-state index contributed by atoms with van der Waals surface area (Å²) in [6, 6.07) is 13.4. The number of hydrogen-bond acceptors (Lipinski definition) is 4. The summed E-state index contributed by atoms with van der Waals surface area (Å²) >= 11 is 0. The Morgan fingerprint density at radius 3 is 2.82 bits per heavy atom. The quantitative estimate of drug-likeness (QED) is 0.652. The van der Waals surface area contributed by atoms with E-state index in [1.54, 1.807) is 12.1 Å². The van der Waals surface area contributed by atoms with Crippen molar-refractivity contribution in [1.82, 2.24) is 10.6 Å². The van der Waals surface area contributed by atoms with E-state index in [2.05, 4.69) is 40.2 Å². The summed E-state index contributed by atoms with van der Waals surface area (Å²) in [6.45, 7) is 4.64. The molecule has 2 heterocycles. The van der Waals surface area contributed by atoms with Crippen LogP contribution in [0.15, 0.2) is 54.2 Å². The molecule has 0 saturated heterocycles. The summed E-state index contributed by atoms with van der Waals surface area (Å²) < 4.78 is 13.7. The summed E-state index contributed by atoms with van der Waals surface area (Å²) in [5.41, 5.74) is 13.7. The van der Waals surface area contributed by atoms with Gasteiger partial charge in [-0.2, -0.15) is 0 Å². The maximum atomic E-state index is 13.7. The smallest absolute Gasteiger partial charge is 0.125 e. The topological polar surface area (TPSA) is 62.1 Å². The Labute approximate surface area is 165 Å². The van der Waals surface area contributed by atoms with Gasteiger partial charge in [-0.05, 0) is 67.3 Å². The van der Waals surface area contributed by atoms with Gasteiger partial charge in [-0.1, -0.05) is 24.3 Å². The van der Waals surface area contributed by atoms with Crippen LogP contribution < -0.4 is 21.7 Å². The molecule has 1 atom stereocenters. The normalized spacial score (nSPS) is 21.1. The summed E-state index contributed by atoms with van der Waals surface area (Å²) in [5.74, 6) is -0.232. The molecule has 1 unspecified atom stereocenters. The first-order valence-electron chi connectivity index (χ1n) is 9.88. The summed E-state index contributed by atoms with van der Waals surface area (Å²) in [4.78, 5) is 0. The van der Waals surface area contributed by atoms with E-state index in [1.807, 2.05) is 13.0 Å². The lowest BCUT2D eigenvalue weighted by molar-refractivity contribution is 0.626. The van der Waals surface area contributed by atoms with Crippen LogP contribution in [0.3, 0.4) is 0 Å². The standard InChI is InChI=1S/C23H27FN4/c1-15(25)23-20-6-5-17(16-7-10-26-11-8-16)13-21(20)22(9-12-27-23)28-19-4-2-3-18(24)14-19/h2-7,13-14,22,26-28H,8-12,25H2,1H3/b23-15-. The highest BCUT2D eigenvalue weighted by Crippen LogP contribution is 2.35. The molecule has 28 heavy (non-hydrogen) atoms.